The Labute approximate surface area is 140 Å². The first kappa shape index (κ1) is 15.9. The van der Waals surface area contributed by atoms with E-state index in [1.54, 1.807) is 24.7 Å². The van der Waals surface area contributed by atoms with Gasteiger partial charge in [-0.3, -0.25) is 9.97 Å². The van der Waals surface area contributed by atoms with Crippen molar-refractivity contribution < 1.29 is 9.53 Å². The first-order valence-corrected chi connectivity index (χ1v) is 7.90. The number of esters is 1. The monoisotopic (exact) mass is 318 g/mol. The number of aryl methyl sites for hydroxylation is 1. The second-order valence-electron chi connectivity index (χ2n) is 5.38. The number of pyridine rings is 2. The molecule has 4 nitrogen and oxygen atoms in total. The highest BCUT2D eigenvalue weighted by atomic mass is 16.5. The average molecular weight is 318 g/mol. The van der Waals surface area contributed by atoms with Gasteiger partial charge in [0.2, 0.25) is 0 Å². The van der Waals surface area contributed by atoms with Crippen LogP contribution in [0, 0.1) is 0 Å². The van der Waals surface area contributed by atoms with Gasteiger partial charge in [0, 0.05) is 30.1 Å². The third-order valence-corrected chi connectivity index (χ3v) is 3.69. The van der Waals surface area contributed by atoms with Crippen LogP contribution in [0.25, 0.3) is 17.0 Å². The fourth-order valence-corrected chi connectivity index (χ4v) is 2.47. The van der Waals surface area contributed by atoms with Gasteiger partial charge in [0.15, 0.2) is 0 Å². The van der Waals surface area contributed by atoms with Crippen molar-refractivity contribution in [2.75, 3.05) is 6.61 Å². The van der Waals surface area contributed by atoms with E-state index in [-0.39, 0.29) is 5.97 Å². The Morgan fingerprint density at radius 1 is 1.04 bits per heavy atom. The zero-order valence-corrected chi connectivity index (χ0v) is 13.3. The van der Waals surface area contributed by atoms with Gasteiger partial charge in [-0.2, -0.15) is 0 Å². The number of aromatic nitrogens is 2. The molecule has 1 aromatic carbocycles. The average Bonchev–Trinajstić information content (AvgIpc) is 2.64. The van der Waals surface area contributed by atoms with Gasteiger partial charge in [-0.1, -0.05) is 18.2 Å². The molecule has 3 rings (SSSR count). The summed E-state index contributed by atoms with van der Waals surface area (Å²) in [7, 11) is 0. The Balaban J connectivity index is 1.52. The number of hydrogen-bond acceptors (Lipinski definition) is 4. The van der Waals surface area contributed by atoms with Gasteiger partial charge in [-0.25, -0.2) is 4.79 Å². The van der Waals surface area contributed by atoms with E-state index in [0.29, 0.717) is 6.61 Å². The molecule has 3 aromatic rings. The normalized spacial score (nSPS) is 11.0. The molecule has 2 aromatic heterocycles. The van der Waals surface area contributed by atoms with Crippen molar-refractivity contribution in [2.45, 2.75) is 12.8 Å². The topological polar surface area (TPSA) is 52.1 Å². The Morgan fingerprint density at radius 3 is 2.75 bits per heavy atom. The number of nitrogens with zero attached hydrogens (tertiary/aromatic N) is 2. The second kappa shape index (κ2) is 8.02. The van der Waals surface area contributed by atoms with Crippen LogP contribution in [0.15, 0.2) is 67.1 Å². The largest absolute Gasteiger partial charge is 0.463 e. The van der Waals surface area contributed by atoms with Crippen LogP contribution in [0.5, 0.6) is 0 Å². The standard InChI is InChI=1S/C20H18N2O2/c23-20(24-15-3-4-16-9-12-21-13-10-16)8-7-17-11-14-22-19-6-2-1-5-18(17)19/h1-2,5-14H,3-4,15H2/b8-7+. The van der Waals surface area contributed by atoms with Gasteiger partial charge in [-0.05, 0) is 54.3 Å². The maximum absolute atomic E-state index is 11.8. The highest BCUT2D eigenvalue weighted by Crippen LogP contribution is 2.17. The quantitative estimate of drug-likeness (QED) is 0.394. The summed E-state index contributed by atoms with van der Waals surface area (Å²) in [5, 5.41) is 1.02. The number of hydrogen-bond donors (Lipinski definition) is 0. The molecule has 0 saturated carbocycles. The summed E-state index contributed by atoms with van der Waals surface area (Å²) in [6, 6.07) is 13.7. The van der Waals surface area contributed by atoms with Crippen LogP contribution in [-0.2, 0) is 16.0 Å². The lowest BCUT2D eigenvalue weighted by molar-refractivity contribution is -0.137. The lowest BCUT2D eigenvalue weighted by Gasteiger charge is -2.03. The van der Waals surface area contributed by atoms with Crippen LogP contribution in [0.1, 0.15) is 17.5 Å². The molecule has 0 radical (unpaired) electrons. The number of fused-ring (bicyclic) bond motifs is 1. The number of carbonyl (C=O) groups excluding carboxylic acids is 1. The highest BCUT2D eigenvalue weighted by Gasteiger charge is 2.01. The molecule has 2 heterocycles. The predicted molar refractivity (Wildman–Crippen MR) is 94.3 cm³/mol. The molecule has 0 aliphatic carbocycles. The maximum Gasteiger partial charge on any atom is 0.330 e. The fourth-order valence-electron chi connectivity index (χ4n) is 2.47. The van der Waals surface area contributed by atoms with Crippen LogP contribution in [0.3, 0.4) is 0 Å². The first-order chi connectivity index (χ1) is 11.8. The Hall–Kier alpha value is -3.01. The molecular formula is C20H18N2O2. The van der Waals surface area contributed by atoms with Gasteiger partial charge in [0.05, 0.1) is 12.1 Å². The van der Waals surface area contributed by atoms with Crippen molar-refractivity contribution in [3.63, 3.8) is 0 Å². The molecule has 0 fully saturated rings. The molecule has 0 N–H and O–H groups in total. The Bertz CT molecular complexity index is 839. The van der Waals surface area contributed by atoms with Crippen molar-refractivity contribution >= 4 is 22.9 Å². The van der Waals surface area contributed by atoms with E-state index in [1.807, 2.05) is 42.5 Å². The molecule has 24 heavy (non-hydrogen) atoms. The molecule has 120 valence electrons. The number of ether oxygens (including phenoxy) is 1. The summed E-state index contributed by atoms with van der Waals surface area (Å²) in [6.07, 6.45) is 10.2. The molecule has 0 spiro atoms. The zero-order valence-electron chi connectivity index (χ0n) is 13.3. The van der Waals surface area contributed by atoms with E-state index in [9.17, 15) is 4.79 Å². The van der Waals surface area contributed by atoms with Crippen LogP contribution in [0.2, 0.25) is 0 Å². The summed E-state index contributed by atoms with van der Waals surface area (Å²) >= 11 is 0. The number of carbonyl (C=O) groups is 1. The fraction of sp³-hybridized carbons (Fsp3) is 0.150. The smallest absolute Gasteiger partial charge is 0.330 e. The predicted octanol–water partition coefficient (Wildman–Crippen LogP) is 3.82. The van der Waals surface area contributed by atoms with Gasteiger partial charge in [0.1, 0.15) is 0 Å². The third-order valence-electron chi connectivity index (χ3n) is 3.69. The van der Waals surface area contributed by atoms with Gasteiger partial charge in [-0.15, -0.1) is 0 Å². The maximum atomic E-state index is 11.8. The van der Waals surface area contributed by atoms with Gasteiger partial charge >= 0.3 is 5.97 Å². The van der Waals surface area contributed by atoms with Crippen molar-refractivity contribution in [1.29, 1.82) is 0 Å². The van der Waals surface area contributed by atoms with Gasteiger partial charge < -0.3 is 4.74 Å². The number of benzene rings is 1. The van der Waals surface area contributed by atoms with Crippen molar-refractivity contribution in [3.8, 4) is 0 Å². The first-order valence-electron chi connectivity index (χ1n) is 7.90. The molecule has 0 saturated heterocycles. The molecule has 0 aliphatic heterocycles. The zero-order chi connectivity index (χ0) is 16.6. The lowest BCUT2D eigenvalue weighted by Crippen LogP contribution is -2.03. The number of para-hydroxylation sites is 1. The minimum absolute atomic E-state index is 0.328. The molecule has 0 atom stereocenters. The third kappa shape index (κ3) is 4.26. The van der Waals surface area contributed by atoms with Crippen LogP contribution >= 0.6 is 0 Å². The van der Waals surface area contributed by atoms with E-state index in [2.05, 4.69) is 9.97 Å². The summed E-state index contributed by atoms with van der Waals surface area (Å²) in [5.41, 5.74) is 3.06. The minimum atomic E-state index is -0.328. The van der Waals surface area contributed by atoms with E-state index < -0.39 is 0 Å². The minimum Gasteiger partial charge on any atom is -0.463 e. The molecule has 0 amide bonds. The Morgan fingerprint density at radius 2 is 1.88 bits per heavy atom. The summed E-state index contributed by atoms with van der Waals surface area (Å²) in [5.74, 6) is -0.328. The molecule has 4 heteroatoms. The van der Waals surface area contributed by atoms with Crippen molar-refractivity contribution in [2.24, 2.45) is 0 Å². The lowest BCUT2D eigenvalue weighted by atomic mass is 10.1. The van der Waals surface area contributed by atoms with E-state index in [1.165, 1.54) is 11.6 Å². The SMILES string of the molecule is O=C(/C=C/c1ccnc2ccccc12)OCCCc1ccncc1. The molecular weight excluding hydrogens is 300 g/mol. The summed E-state index contributed by atoms with van der Waals surface area (Å²) in [4.78, 5) is 20.1. The number of rotatable bonds is 6. The van der Waals surface area contributed by atoms with Gasteiger partial charge in [0.25, 0.3) is 0 Å². The molecule has 0 bridgehead atoms. The van der Waals surface area contributed by atoms with E-state index >= 15 is 0 Å². The second-order valence-corrected chi connectivity index (χ2v) is 5.38. The summed E-state index contributed by atoms with van der Waals surface area (Å²) in [6.45, 7) is 0.405. The van der Waals surface area contributed by atoms with Crippen LogP contribution in [0.4, 0.5) is 0 Å². The van der Waals surface area contributed by atoms with E-state index in [4.69, 9.17) is 4.74 Å². The van der Waals surface area contributed by atoms with Crippen LogP contribution in [-0.4, -0.2) is 22.5 Å². The van der Waals surface area contributed by atoms with E-state index in [0.717, 1.165) is 29.3 Å². The Kier molecular flexibility index (Phi) is 5.30. The van der Waals surface area contributed by atoms with Crippen LogP contribution < -0.4 is 0 Å². The summed E-state index contributed by atoms with van der Waals surface area (Å²) < 4.78 is 5.24. The van der Waals surface area contributed by atoms with Crippen molar-refractivity contribution in [3.05, 3.63) is 78.3 Å². The molecule has 0 unspecified atom stereocenters. The highest BCUT2D eigenvalue weighted by molar-refractivity contribution is 5.93. The molecule has 0 aliphatic rings. The van der Waals surface area contributed by atoms with Crippen molar-refractivity contribution in [1.82, 2.24) is 9.97 Å².